The quantitative estimate of drug-likeness (QED) is 0.850. The smallest absolute Gasteiger partial charge is 0.226 e. The van der Waals surface area contributed by atoms with E-state index in [9.17, 15) is 13.2 Å². The zero-order chi connectivity index (χ0) is 18.7. The van der Waals surface area contributed by atoms with Gasteiger partial charge in [0.2, 0.25) is 5.91 Å². The van der Waals surface area contributed by atoms with Crippen LogP contribution in [0.3, 0.4) is 0 Å². The summed E-state index contributed by atoms with van der Waals surface area (Å²) in [6.45, 7) is 8.02. The van der Waals surface area contributed by atoms with E-state index in [-0.39, 0.29) is 29.2 Å². The standard InChI is InChI=1S/C18H24N2O4S/c1-13-11-16(20-24-13)19-17(21)9-10-25(22,23)12-14-5-7-15(8-6-14)18(2,3)4/h5-8,11H,9-10,12H2,1-4H3,(H,19,20,21). The Morgan fingerprint density at radius 2 is 1.84 bits per heavy atom. The first-order valence-electron chi connectivity index (χ1n) is 8.08. The molecule has 0 aliphatic carbocycles. The Kier molecular flexibility index (Phi) is 5.67. The Morgan fingerprint density at radius 3 is 2.36 bits per heavy atom. The fraction of sp³-hybridized carbons (Fsp3) is 0.444. The number of carbonyl (C=O) groups excluding carboxylic acids is 1. The Bertz CT molecular complexity index is 831. The summed E-state index contributed by atoms with van der Waals surface area (Å²) in [5.41, 5.74) is 1.89. The van der Waals surface area contributed by atoms with Crippen LogP contribution in [0.25, 0.3) is 0 Å². The van der Waals surface area contributed by atoms with Gasteiger partial charge in [-0.15, -0.1) is 0 Å². The maximum Gasteiger partial charge on any atom is 0.226 e. The third-order valence-corrected chi connectivity index (χ3v) is 5.34. The van der Waals surface area contributed by atoms with Crippen LogP contribution in [0, 0.1) is 6.92 Å². The molecule has 0 fully saturated rings. The van der Waals surface area contributed by atoms with E-state index in [2.05, 4.69) is 31.2 Å². The van der Waals surface area contributed by atoms with Crippen molar-refractivity contribution >= 4 is 21.6 Å². The summed E-state index contributed by atoms with van der Waals surface area (Å²) in [6, 6.07) is 9.13. The van der Waals surface area contributed by atoms with Gasteiger partial charge in [0.05, 0.1) is 11.5 Å². The second-order valence-corrected chi connectivity index (χ2v) is 9.34. The van der Waals surface area contributed by atoms with Crippen molar-refractivity contribution in [3.63, 3.8) is 0 Å². The molecule has 1 heterocycles. The number of hydrogen-bond donors (Lipinski definition) is 1. The highest BCUT2D eigenvalue weighted by atomic mass is 32.2. The van der Waals surface area contributed by atoms with Gasteiger partial charge in [0.15, 0.2) is 15.7 Å². The van der Waals surface area contributed by atoms with Gasteiger partial charge in [0.25, 0.3) is 0 Å². The first-order chi connectivity index (χ1) is 11.5. The van der Waals surface area contributed by atoms with E-state index < -0.39 is 15.7 Å². The largest absolute Gasteiger partial charge is 0.360 e. The summed E-state index contributed by atoms with van der Waals surface area (Å²) in [5, 5.41) is 6.15. The van der Waals surface area contributed by atoms with Gasteiger partial charge < -0.3 is 9.84 Å². The molecule has 0 bridgehead atoms. The number of nitrogens with one attached hydrogen (secondary N) is 1. The van der Waals surface area contributed by atoms with E-state index in [4.69, 9.17) is 4.52 Å². The fourth-order valence-electron chi connectivity index (χ4n) is 2.31. The topological polar surface area (TPSA) is 89.3 Å². The van der Waals surface area contributed by atoms with E-state index >= 15 is 0 Å². The normalized spacial score (nSPS) is 12.2. The lowest BCUT2D eigenvalue weighted by atomic mass is 9.87. The molecule has 1 aromatic carbocycles. The van der Waals surface area contributed by atoms with Gasteiger partial charge >= 0.3 is 0 Å². The van der Waals surface area contributed by atoms with Crippen molar-refractivity contribution in [2.75, 3.05) is 11.1 Å². The number of benzene rings is 1. The molecule has 0 spiro atoms. The van der Waals surface area contributed by atoms with E-state index in [1.54, 1.807) is 13.0 Å². The molecule has 6 nitrogen and oxygen atoms in total. The predicted molar refractivity (Wildman–Crippen MR) is 97.1 cm³/mol. The Balaban J connectivity index is 1.90. The molecule has 0 aliphatic rings. The third-order valence-electron chi connectivity index (χ3n) is 3.74. The van der Waals surface area contributed by atoms with Crippen LogP contribution in [0.5, 0.6) is 0 Å². The second-order valence-electron chi connectivity index (χ2n) is 7.16. The van der Waals surface area contributed by atoms with E-state index in [0.717, 1.165) is 11.1 Å². The van der Waals surface area contributed by atoms with Crippen molar-refractivity contribution in [1.29, 1.82) is 0 Å². The number of hydrogen-bond acceptors (Lipinski definition) is 5. The average Bonchev–Trinajstić information content (AvgIpc) is 2.90. The molecule has 2 aromatic rings. The summed E-state index contributed by atoms with van der Waals surface area (Å²) in [4.78, 5) is 11.8. The first-order valence-corrected chi connectivity index (χ1v) is 9.90. The van der Waals surface area contributed by atoms with Crippen molar-refractivity contribution in [1.82, 2.24) is 5.16 Å². The van der Waals surface area contributed by atoms with Crippen molar-refractivity contribution in [3.8, 4) is 0 Å². The third kappa shape index (κ3) is 6.01. The van der Waals surface area contributed by atoms with Crippen LogP contribution in [-0.4, -0.2) is 25.2 Å². The minimum absolute atomic E-state index is 0.0228. The Morgan fingerprint density at radius 1 is 1.20 bits per heavy atom. The second kappa shape index (κ2) is 7.39. The lowest BCUT2D eigenvalue weighted by molar-refractivity contribution is -0.115. The van der Waals surface area contributed by atoms with Crippen molar-refractivity contribution in [2.24, 2.45) is 0 Å². The van der Waals surface area contributed by atoms with Crippen LogP contribution in [0.2, 0.25) is 0 Å². The van der Waals surface area contributed by atoms with Crippen LogP contribution in [0.1, 0.15) is 44.1 Å². The van der Waals surface area contributed by atoms with Gasteiger partial charge in [-0.3, -0.25) is 4.79 Å². The number of nitrogens with zero attached hydrogens (tertiary/aromatic N) is 1. The van der Waals surface area contributed by atoms with E-state index in [0.29, 0.717) is 5.76 Å². The number of rotatable bonds is 6. The first kappa shape index (κ1) is 19.2. The number of anilines is 1. The molecule has 136 valence electrons. The minimum Gasteiger partial charge on any atom is -0.360 e. The molecule has 1 N–H and O–H groups in total. The van der Waals surface area contributed by atoms with E-state index in [1.165, 1.54) is 0 Å². The molecule has 25 heavy (non-hydrogen) atoms. The highest BCUT2D eigenvalue weighted by molar-refractivity contribution is 7.90. The van der Waals surface area contributed by atoms with Gasteiger partial charge in [-0.05, 0) is 23.5 Å². The predicted octanol–water partition coefficient (Wildman–Crippen LogP) is 3.22. The zero-order valence-corrected chi connectivity index (χ0v) is 15.8. The zero-order valence-electron chi connectivity index (χ0n) is 15.0. The van der Waals surface area contributed by atoms with Crippen LogP contribution in [0.4, 0.5) is 5.82 Å². The monoisotopic (exact) mass is 364 g/mol. The van der Waals surface area contributed by atoms with Crippen molar-refractivity contribution < 1.29 is 17.7 Å². The maximum atomic E-state index is 12.2. The summed E-state index contributed by atoms with van der Waals surface area (Å²) < 4.78 is 29.3. The maximum absolute atomic E-state index is 12.2. The fourth-order valence-corrected chi connectivity index (χ4v) is 3.65. The van der Waals surface area contributed by atoms with Gasteiger partial charge in [-0.25, -0.2) is 8.42 Å². The minimum atomic E-state index is -3.37. The molecule has 0 unspecified atom stereocenters. The molecule has 1 aromatic heterocycles. The molecule has 2 rings (SSSR count). The Hall–Kier alpha value is -2.15. The molecule has 0 radical (unpaired) electrons. The molecular formula is C18H24N2O4S. The summed E-state index contributed by atoms with van der Waals surface area (Å²) in [6.07, 6.45) is -0.117. The van der Waals surface area contributed by atoms with Crippen molar-refractivity contribution in [3.05, 3.63) is 47.2 Å². The molecule has 1 amide bonds. The lowest BCUT2D eigenvalue weighted by Gasteiger charge is -2.19. The molecule has 7 heteroatoms. The Labute approximate surface area is 148 Å². The van der Waals surface area contributed by atoms with Crippen LogP contribution >= 0.6 is 0 Å². The average molecular weight is 364 g/mol. The van der Waals surface area contributed by atoms with E-state index in [1.807, 2.05) is 24.3 Å². The number of sulfone groups is 1. The molecule has 0 saturated carbocycles. The van der Waals surface area contributed by atoms with Gasteiger partial charge in [-0.1, -0.05) is 50.2 Å². The van der Waals surface area contributed by atoms with Gasteiger partial charge in [0, 0.05) is 12.5 Å². The number of carbonyl (C=O) groups is 1. The summed E-state index contributed by atoms with van der Waals surface area (Å²) in [5.74, 6) is 0.170. The number of aromatic nitrogens is 1. The highest BCUT2D eigenvalue weighted by Crippen LogP contribution is 2.22. The highest BCUT2D eigenvalue weighted by Gasteiger charge is 2.17. The molecular weight excluding hydrogens is 340 g/mol. The lowest BCUT2D eigenvalue weighted by Crippen LogP contribution is -2.18. The molecule has 0 atom stereocenters. The van der Waals surface area contributed by atoms with Gasteiger partial charge in [-0.2, -0.15) is 0 Å². The number of amides is 1. The SMILES string of the molecule is Cc1cc(NC(=O)CCS(=O)(=O)Cc2ccc(C(C)(C)C)cc2)no1. The molecule has 0 aliphatic heterocycles. The summed E-state index contributed by atoms with van der Waals surface area (Å²) in [7, 11) is -3.37. The van der Waals surface area contributed by atoms with Crippen LogP contribution in [-0.2, 0) is 25.8 Å². The number of aryl methyl sites for hydroxylation is 1. The molecule has 0 saturated heterocycles. The van der Waals surface area contributed by atoms with Crippen molar-refractivity contribution in [2.45, 2.75) is 45.3 Å². The van der Waals surface area contributed by atoms with Crippen LogP contribution in [0.15, 0.2) is 34.9 Å². The van der Waals surface area contributed by atoms with Gasteiger partial charge in [0.1, 0.15) is 5.76 Å². The summed E-state index contributed by atoms with van der Waals surface area (Å²) >= 11 is 0. The van der Waals surface area contributed by atoms with Crippen LogP contribution < -0.4 is 5.32 Å².